The van der Waals surface area contributed by atoms with Gasteiger partial charge in [0.15, 0.2) is 0 Å². The molecule has 1 N–H and O–H groups in total. The van der Waals surface area contributed by atoms with Gasteiger partial charge in [0.2, 0.25) is 5.91 Å². The second kappa shape index (κ2) is 5.40. The second-order valence-corrected chi connectivity index (χ2v) is 4.95. The minimum Gasteiger partial charge on any atom is -0.281 e. The van der Waals surface area contributed by atoms with Crippen molar-refractivity contribution in [3.05, 3.63) is 29.1 Å². The van der Waals surface area contributed by atoms with Gasteiger partial charge in [-0.15, -0.1) is 0 Å². The number of pyridine rings is 1. The molecule has 0 unspecified atom stereocenters. The first kappa shape index (κ1) is 14.8. The third-order valence-electron chi connectivity index (χ3n) is 3.25. The summed E-state index contributed by atoms with van der Waals surface area (Å²) in [6, 6.07) is 2.33. The fourth-order valence-corrected chi connectivity index (χ4v) is 1.82. The summed E-state index contributed by atoms with van der Waals surface area (Å²) in [7, 11) is 1.62. The Kier molecular flexibility index (Phi) is 3.99. The average molecular weight is 287 g/mol. The first-order chi connectivity index (χ1) is 9.29. The van der Waals surface area contributed by atoms with E-state index in [1.807, 2.05) is 0 Å². The molecular formula is C13H16F3N3O. The molecule has 0 aliphatic heterocycles. The summed E-state index contributed by atoms with van der Waals surface area (Å²) in [6.07, 6.45) is -2.62. The van der Waals surface area contributed by atoms with Gasteiger partial charge in [-0.25, -0.2) is 10.4 Å². The van der Waals surface area contributed by atoms with Gasteiger partial charge in [-0.05, 0) is 31.4 Å². The molecule has 1 saturated carbocycles. The zero-order valence-corrected chi connectivity index (χ0v) is 11.3. The van der Waals surface area contributed by atoms with E-state index in [1.54, 1.807) is 7.05 Å². The summed E-state index contributed by atoms with van der Waals surface area (Å²) in [5.41, 5.74) is 2.92. The molecule has 0 aromatic carbocycles. The lowest BCUT2D eigenvalue weighted by Gasteiger charge is -2.19. The molecule has 1 aromatic heterocycles. The topological polar surface area (TPSA) is 45.2 Å². The predicted molar refractivity (Wildman–Crippen MR) is 66.3 cm³/mol. The summed E-state index contributed by atoms with van der Waals surface area (Å²) >= 11 is 0. The Morgan fingerprint density at radius 2 is 2.10 bits per heavy atom. The predicted octanol–water partition coefficient (Wildman–Crippen LogP) is 2.28. The summed E-state index contributed by atoms with van der Waals surface area (Å²) < 4.78 is 37.5. The van der Waals surface area contributed by atoms with Crippen molar-refractivity contribution >= 4 is 5.91 Å². The SMILES string of the molecule is Cc1nc(C(F)(F)F)ccc1CNN(C)C(=O)C1CC1. The largest absolute Gasteiger partial charge is 0.433 e. The van der Waals surface area contributed by atoms with E-state index < -0.39 is 11.9 Å². The number of nitrogens with one attached hydrogen (secondary N) is 1. The van der Waals surface area contributed by atoms with Crippen molar-refractivity contribution in [2.75, 3.05) is 7.05 Å². The van der Waals surface area contributed by atoms with Gasteiger partial charge < -0.3 is 0 Å². The number of nitrogens with zero attached hydrogens (tertiary/aromatic N) is 2. The molecule has 0 atom stereocenters. The number of carbonyl (C=O) groups is 1. The van der Waals surface area contributed by atoms with Crippen LogP contribution in [0.1, 0.15) is 29.8 Å². The third kappa shape index (κ3) is 3.47. The van der Waals surface area contributed by atoms with Gasteiger partial charge in [0.25, 0.3) is 0 Å². The molecule has 1 amide bonds. The Morgan fingerprint density at radius 3 is 2.60 bits per heavy atom. The van der Waals surface area contributed by atoms with E-state index in [9.17, 15) is 18.0 Å². The molecule has 20 heavy (non-hydrogen) atoms. The number of hydrazine groups is 1. The quantitative estimate of drug-likeness (QED) is 0.864. The molecule has 0 radical (unpaired) electrons. The number of halogens is 3. The van der Waals surface area contributed by atoms with Gasteiger partial charge in [-0.3, -0.25) is 9.80 Å². The maximum atomic E-state index is 12.5. The van der Waals surface area contributed by atoms with Crippen LogP contribution < -0.4 is 5.43 Å². The molecule has 0 bridgehead atoms. The highest BCUT2D eigenvalue weighted by Crippen LogP contribution is 2.30. The number of aryl methyl sites for hydroxylation is 1. The van der Waals surface area contributed by atoms with Gasteiger partial charge in [0.1, 0.15) is 5.69 Å². The number of alkyl halides is 3. The highest BCUT2D eigenvalue weighted by molar-refractivity contribution is 5.80. The molecule has 1 heterocycles. The van der Waals surface area contributed by atoms with E-state index in [0.717, 1.165) is 18.9 Å². The van der Waals surface area contributed by atoms with Crippen LogP contribution in [0.25, 0.3) is 0 Å². The van der Waals surface area contributed by atoms with Gasteiger partial charge in [0, 0.05) is 25.2 Å². The molecule has 1 aromatic rings. The number of hydrogen-bond acceptors (Lipinski definition) is 3. The first-order valence-electron chi connectivity index (χ1n) is 6.34. The van der Waals surface area contributed by atoms with E-state index in [-0.39, 0.29) is 18.4 Å². The van der Waals surface area contributed by atoms with E-state index in [0.29, 0.717) is 11.3 Å². The van der Waals surface area contributed by atoms with Crippen LogP contribution in [-0.4, -0.2) is 22.9 Å². The van der Waals surface area contributed by atoms with Gasteiger partial charge >= 0.3 is 6.18 Å². The third-order valence-corrected chi connectivity index (χ3v) is 3.25. The fraction of sp³-hybridized carbons (Fsp3) is 0.538. The average Bonchev–Trinajstić information content (AvgIpc) is 3.19. The van der Waals surface area contributed by atoms with Crippen molar-refractivity contribution in [2.45, 2.75) is 32.5 Å². The van der Waals surface area contributed by atoms with Crippen LogP contribution in [0, 0.1) is 12.8 Å². The summed E-state index contributed by atoms with van der Waals surface area (Å²) in [6.45, 7) is 1.79. The summed E-state index contributed by atoms with van der Waals surface area (Å²) in [5.74, 6) is 0.113. The maximum absolute atomic E-state index is 12.5. The van der Waals surface area contributed by atoms with Crippen molar-refractivity contribution in [1.29, 1.82) is 0 Å². The summed E-state index contributed by atoms with van der Waals surface area (Å²) in [5, 5.41) is 1.40. The van der Waals surface area contributed by atoms with E-state index >= 15 is 0 Å². The minimum atomic E-state index is -4.44. The molecule has 1 aliphatic rings. The zero-order chi connectivity index (χ0) is 14.9. The first-order valence-corrected chi connectivity index (χ1v) is 6.34. The van der Waals surface area contributed by atoms with E-state index in [2.05, 4.69) is 10.4 Å². The number of carbonyl (C=O) groups excluding carboxylic acids is 1. The highest BCUT2D eigenvalue weighted by atomic mass is 19.4. The smallest absolute Gasteiger partial charge is 0.281 e. The van der Waals surface area contributed by atoms with Crippen LogP contribution in [0.5, 0.6) is 0 Å². The van der Waals surface area contributed by atoms with Crippen molar-refractivity contribution in [1.82, 2.24) is 15.4 Å². The molecule has 0 spiro atoms. The number of aromatic nitrogens is 1. The maximum Gasteiger partial charge on any atom is 0.433 e. The molecular weight excluding hydrogens is 271 g/mol. The second-order valence-electron chi connectivity index (χ2n) is 4.95. The highest BCUT2D eigenvalue weighted by Gasteiger charge is 2.33. The molecule has 1 aliphatic carbocycles. The molecule has 2 rings (SSSR count). The molecule has 110 valence electrons. The van der Waals surface area contributed by atoms with Crippen LogP contribution in [0.2, 0.25) is 0 Å². The lowest BCUT2D eigenvalue weighted by Crippen LogP contribution is -2.40. The lowest BCUT2D eigenvalue weighted by molar-refractivity contribution is -0.141. The van der Waals surface area contributed by atoms with Crippen LogP contribution >= 0.6 is 0 Å². The minimum absolute atomic E-state index is 0.0162. The summed E-state index contributed by atoms with van der Waals surface area (Å²) in [4.78, 5) is 15.2. The van der Waals surface area contributed by atoms with Gasteiger partial charge in [0.05, 0.1) is 0 Å². The van der Waals surface area contributed by atoms with Gasteiger partial charge in [-0.1, -0.05) is 6.07 Å². The van der Waals surface area contributed by atoms with Crippen molar-refractivity contribution < 1.29 is 18.0 Å². The fourth-order valence-electron chi connectivity index (χ4n) is 1.82. The number of rotatable bonds is 4. The lowest BCUT2D eigenvalue weighted by atomic mass is 10.2. The van der Waals surface area contributed by atoms with Crippen molar-refractivity contribution in [3.63, 3.8) is 0 Å². The van der Waals surface area contributed by atoms with Crippen LogP contribution in [0.3, 0.4) is 0 Å². The van der Waals surface area contributed by atoms with E-state index in [1.165, 1.54) is 18.0 Å². The Bertz CT molecular complexity index is 512. The Balaban J connectivity index is 1.97. The molecule has 1 fully saturated rings. The van der Waals surface area contributed by atoms with Crippen LogP contribution in [-0.2, 0) is 17.5 Å². The molecule has 7 heteroatoms. The molecule has 4 nitrogen and oxygen atoms in total. The number of hydrogen-bond donors (Lipinski definition) is 1. The van der Waals surface area contributed by atoms with Crippen LogP contribution in [0.15, 0.2) is 12.1 Å². The zero-order valence-electron chi connectivity index (χ0n) is 11.3. The Hall–Kier alpha value is -1.63. The van der Waals surface area contributed by atoms with Crippen molar-refractivity contribution in [3.8, 4) is 0 Å². The molecule has 0 saturated heterocycles. The van der Waals surface area contributed by atoms with E-state index in [4.69, 9.17) is 0 Å². The van der Waals surface area contributed by atoms with Gasteiger partial charge in [-0.2, -0.15) is 13.2 Å². The monoisotopic (exact) mass is 287 g/mol. The Labute approximate surface area is 115 Å². The van der Waals surface area contributed by atoms with Crippen LogP contribution in [0.4, 0.5) is 13.2 Å². The van der Waals surface area contributed by atoms with Crippen molar-refractivity contribution in [2.24, 2.45) is 5.92 Å². The number of amides is 1. The Morgan fingerprint density at radius 1 is 1.45 bits per heavy atom. The standard InChI is InChI=1S/C13H16F3N3O/c1-8-10(5-6-11(18-8)13(14,15)16)7-17-19(2)12(20)9-3-4-9/h5-6,9,17H,3-4,7H2,1-2H3. The normalized spacial score (nSPS) is 15.2.